The zero-order valence-electron chi connectivity index (χ0n) is 11.9. The largest absolute Gasteiger partial charge is 0.487 e. The molecule has 1 amide bonds. The van der Waals surface area contributed by atoms with Crippen LogP contribution in [0.2, 0.25) is 0 Å². The molecule has 10 heteroatoms. The molecule has 0 aliphatic rings. The van der Waals surface area contributed by atoms with Crippen LogP contribution in [0.25, 0.3) is 0 Å². The fourth-order valence-corrected chi connectivity index (χ4v) is 1.80. The number of aryl methyl sites for hydroxylation is 1. The highest BCUT2D eigenvalue weighted by atomic mass is 19.3. The zero-order valence-corrected chi connectivity index (χ0v) is 11.9. The molecule has 2 rings (SSSR count). The first kappa shape index (κ1) is 16.3. The van der Waals surface area contributed by atoms with Crippen molar-refractivity contribution in [2.75, 3.05) is 11.9 Å². The van der Waals surface area contributed by atoms with Gasteiger partial charge in [-0.1, -0.05) is 0 Å². The summed E-state index contributed by atoms with van der Waals surface area (Å²) < 4.78 is 30.5. The summed E-state index contributed by atoms with van der Waals surface area (Å²) in [4.78, 5) is 22.2. The first-order chi connectivity index (χ1) is 10.9. The molecule has 2 aromatic rings. The number of rotatable bonds is 6. The van der Waals surface area contributed by atoms with Crippen molar-refractivity contribution in [2.45, 2.75) is 6.43 Å². The van der Waals surface area contributed by atoms with Crippen LogP contribution < -0.4 is 10.1 Å². The van der Waals surface area contributed by atoms with E-state index in [1.165, 1.54) is 23.0 Å². The second kappa shape index (κ2) is 6.81. The summed E-state index contributed by atoms with van der Waals surface area (Å²) in [5, 5.41) is 17.2. The first-order valence-corrected chi connectivity index (χ1v) is 6.36. The van der Waals surface area contributed by atoms with Gasteiger partial charge in [0.05, 0.1) is 16.7 Å². The molecule has 1 heterocycles. The molecule has 122 valence electrons. The lowest BCUT2D eigenvalue weighted by Gasteiger charge is -2.09. The number of carbonyl (C=O) groups excluding carboxylic acids is 1. The number of hydrogen-bond acceptors (Lipinski definition) is 5. The van der Waals surface area contributed by atoms with Gasteiger partial charge in [0.2, 0.25) is 0 Å². The lowest BCUT2D eigenvalue weighted by atomic mass is 10.2. The van der Waals surface area contributed by atoms with Gasteiger partial charge < -0.3 is 10.1 Å². The number of anilines is 1. The number of amides is 1. The summed E-state index contributed by atoms with van der Waals surface area (Å²) in [5.41, 5.74) is -0.113. The molecule has 0 radical (unpaired) electrons. The Morgan fingerprint density at radius 2 is 2.22 bits per heavy atom. The van der Waals surface area contributed by atoms with Gasteiger partial charge in [-0.05, 0) is 6.07 Å². The third-order valence-corrected chi connectivity index (χ3v) is 2.79. The molecule has 0 aliphatic heterocycles. The lowest BCUT2D eigenvalue weighted by Crippen LogP contribution is -2.16. The minimum absolute atomic E-state index is 0.0506. The van der Waals surface area contributed by atoms with Crippen LogP contribution in [0, 0.1) is 10.1 Å². The Morgan fingerprint density at radius 1 is 1.48 bits per heavy atom. The molecule has 0 saturated carbocycles. The number of alkyl halides is 2. The van der Waals surface area contributed by atoms with Crippen molar-refractivity contribution in [2.24, 2.45) is 7.05 Å². The number of carbonyl (C=O) groups is 1. The van der Waals surface area contributed by atoms with E-state index in [0.717, 1.165) is 12.1 Å². The van der Waals surface area contributed by atoms with Gasteiger partial charge in [-0.15, -0.1) is 0 Å². The number of nitrogens with one attached hydrogen (secondary N) is 1. The lowest BCUT2D eigenvalue weighted by molar-refractivity contribution is -0.384. The average molecular weight is 326 g/mol. The summed E-state index contributed by atoms with van der Waals surface area (Å²) in [7, 11) is 1.56. The fourth-order valence-electron chi connectivity index (χ4n) is 1.80. The Hall–Kier alpha value is -3.04. The van der Waals surface area contributed by atoms with E-state index in [0.29, 0.717) is 0 Å². The molecule has 8 nitrogen and oxygen atoms in total. The summed E-state index contributed by atoms with van der Waals surface area (Å²) in [5.74, 6) is -0.690. The quantitative estimate of drug-likeness (QED) is 0.648. The second-order valence-corrected chi connectivity index (χ2v) is 4.47. The second-order valence-electron chi connectivity index (χ2n) is 4.47. The molecular weight excluding hydrogens is 314 g/mol. The van der Waals surface area contributed by atoms with Crippen molar-refractivity contribution >= 4 is 17.3 Å². The highest BCUT2D eigenvalue weighted by Crippen LogP contribution is 2.26. The first-order valence-electron chi connectivity index (χ1n) is 6.36. The van der Waals surface area contributed by atoms with Crippen molar-refractivity contribution in [1.82, 2.24) is 9.78 Å². The molecular formula is C13H12F2N4O4. The molecule has 0 aliphatic carbocycles. The predicted molar refractivity (Wildman–Crippen MR) is 75.8 cm³/mol. The van der Waals surface area contributed by atoms with Crippen LogP contribution in [0.1, 0.15) is 10.5 Å². The van der Waals surface area contributed by atoms with Crippen molar-refractivity contribution in [1.29, 1.82) is 0 Å². The van der Waals surface area contributed by atoms with Crippen LogP contribution in [0.4, 0.5) is 20.2 Å². The smallest absolute Gasteiger partial charge is 0.275 e. The Morgan fingerprint density at radius 3 is 2.78 bits per heavy atom. The van der Waals surface area contributed by atoms with Gasteiger partial charge in [0, 0.05) is 25.4 Å². The van der Waals surface area contributed by atoms with Gasteiger partial charge in [0.25, 0.3) is 18.0 Å². The van der Waals surface area contributed by atoms with Gasteiger partial charge in [-0.2, -0.15) is 5.10 Å². The highest BCUT2D eigenvalue weighted by molar-refractivity contribution is 6.03. The number of hydrogen-bond donors (Lipinski definition) is 1. The van der Waals surface area contributed by atoms with Crippen molar-refractivity contribution < 1.29 is 23.2 Å². The minimum Gasteiger partial charge on any atom is -0.487 e. The SMILES string of the molecule is Cn1nccc1C(=O)Nc1cc(OCC(F)F)cc([N+](=O)[O-])c1. The number of non-ortho nitro benzene ring substituents is 1. The number of nitrogens with zero attached hydrogens (tertiary/aromatic N) is 3. The van der Waals surface area contributed by atoms with Crippen molar-refractivity contribution in [3.05, 3.63) is 46.3 Å². The van der Waals surface area contributed by atoms with Crippen LogP contribution in [0.15, 0.2) is 30.5 Å². The van der Waals surface area contributed by atoms with Crippen molar-refractivity contribution in [3.8, 4) is 5.75 Å². The predicted octanol–water partition coefficient (Wildman–Crippen LogP) is 2.22. The van der Waals surface area contributed by atoms with Crippen molar-refractivity contribution in [3.63, 3.8) is 0 Å². The van der Waals surface area contributed by atoms with E-state index in [9.17, 15) is 23.7 Å². The maximum Gasteiger partial charge on any atom is 0.275 e. The van der Waals surface area contributed by atoms with Gasteiger partial charge >= 0.3 is 0 Å². The van der Waals surface area contributed by atoms with Crippen LogP contribution in [0.3, 0.4) is 0 Å². The Bertz CT molecular complexity index is 733. The molecule has 0 saturated heterocycles. The monoisotopic (exact) mass is 326 g/mol. The molecule has 0 spiro atoms. The highest BCUT2D eigenvalue weighted by Gasteiger charge is 2.15. The van der Waals surface area contributed by atoms with Gasteiger partial charge in [-0.3, -0.25) is 19.6 Å². The number of benzene rings is 1. The van der Waals surface area contributed by atoms with E-state index in [4.69, 9.17) is 4.74 Å². The number of aromatic nitrogens is 2. The zero-order chi connectivity index (χ0) is 17.0. The number of nitro benzene ring substituents is 1. The minimum atomic E-state index is -2.72. The van der Waals surface area contributed by atoms with Gasteiger partial charge in [0.1, 0.15) is 18.1 Å². The molecule has 1 aromatic heterocycles. The summed E-state index contributed by atoms with van der Waals surface area (Å²) in [6, 6.07) is 4.79. The number of halogens is 2. The van der Waals surface area contributed by atoms with E-state index >= 15 is 0 Å². The Labute approximate surface area is 128 Å². The summed E-state index contributed by atoms with van der Waals surface area (Å²) >= 11 is 0. The topological polar surface area (TPSA) is 99.3 Å². The normalized spacial score (nSPS) is 10.6. The molecule has 1 N–H and O–H groups in total. The molecule has 0 unspecified atom stereocenters. The average Bonchev–Trinajstić information content (AvgIpc) is 2.91. The van der Waals surface area contributed by atoms with Crippen LogP contribution in [-0.4, -0.2) is 33.6 Å². The van der Waals surface area contributed by atoms with E-state index in [1.807, 2.05) is 0 Å². The maximum absolute atomic E-state index is 12.2. The van der Waals surface area contributed by atoms with Crippen LogP contribution >= 0.6 is 0 Å². The van der Waals surface area contributed by atoms with E-state index in [2.05, 4.69) is 10.4 Å². The summed E-state index contributed by atoms with van der Waals surface area (Å²) in [6.07, 6.45) is -1.30. The standard InChI is InChI=1S/C13H12F2N4O4/c1-18-11(2-3-16-18)13(20)17-8-4-9(19(21)22)6-10(5-8)23-7-12(14)15/h2-6,12H,7H2,1H3,(H,17,20). The molecule has 0 bridgehead atoms. The fraction of sp³-hybridized carbons (Fsp3) is 0.231. The molecule has 23 heavy (non-hydrogen) atoms. The van der Waals surface area contributed by atoms with E-state index in [-0.39, 0.29) is 17.1 Å². The third kappa shape index (κ3) is 4.22. The van der Waals surface area contributed by atoms with E-state index < -0.39 is 29.6 Å². The third-order valence-electron chi connectivity index (χ3n) is 2.79. The van der Waals surface area contributed by atoms with Gasteiger partial charge in [-0.25, -0.2) is 8.78 Å². The van der Waals surface area contributed by atoms with E-state index in [1.54, 1.807) is 7.05 Å². The number of ether oxygens (including phenoxy) is 1. The molecule has 0 fully saturated rings. The number of nitro groups is 1. The molecule has 0 atom stereocenters. The maximum atomic E-state index is 12.2. The molecule has 1 aromatic carbocycles. The van der Waals surface area contributed by atoms with Crippen LogP contribution in [-0.2, 0) is 7.05 Å². The van der Waals surface area contributed by atoms with Crippen LogP contribution in [0.5, 0.6) is 5.75 Å². The Kier molecular flexibility index (Phi) is 4.84. The Balaban J connectivity index is 2.24. The summed E-state index contributed by atoms with van der Waals surface area (Å²) in [6.45, 7) is -0.906. The van der Waals surface area contributed by atoms with Gasteiger partial charge in [0.15, 0.2) is 0 Å².